The summed E-state index contributed by atoms with van der Waals surface area (Å²) in [5.74, 6) is -0.151. The van der Waals surface area contributed by atoms with Crippen LogP contribution < -0.4 is 5.32 Å². The first-order valence-electron chi connectivity index (χ1n) is 23.2. The number of amides is 1. The van der Waals surface area contributed by atoms with E-state index < -0.39 is 49.5 Å². The first kappa shape index (κ1) is 51.2. The Morgan fingerprint density at radius 2 is 0.926 bits per heavy atom. The summed E-state index contributed by atoms with van der Waals surface area (Å²) in [4.78, 5) is 12.8. The number of hydrogen-bond donors (Lipinski definition) is 6. The maximum Gasteiger partial charge on any atom is 0.220 e. The Morgan fingerprint density at radius 1 is 0.556 bits per heavy atom. The Morgan fingerprint density at radius 3 is 1.31 bits per heavy atom. The Kier molecular flexibility index (Phi) is 34.6. The SMILES string of the molecule is CCCCCCCCCCCCCCCCCCCCCCCCCCCC(O)C(COC1OC(CO)C(O)C(O)C1O)NC(=O)CCCCCCCC. The van der Waals surface area contributed by atoms with Crippen molar-refractivity contribution in [1.82, 2.24) is 5.32 Å². The predicted molar refractivity (Wildman–Crippen MR) is 221 cm³/mol. The van der Waals surface area contributed by atoms with Gasteiger partial charge < -0.3 is 40.3 Å². The second kappa shape index (κ2) is 36.5. The van der Waals surface area contributed by atoms with Gasteiger partial charge in [0.05, 0.1) is 25.4 Å². The number of hydrogen-bond acceptors (Lipinski definition) is 8. The summed E-state index contributed by atoms with van der Waals surface area (Å²) in [5.41, 5.74) is 0. The van der Waals surface area contributed by atoms with Crippen LogP contribution in [0.25, 0.3) is 0 Å². The van der Waals surface area contributed by atoms with Crippen molar-refractivity contribution >= 4 is 5.91 Å². The topological polar surface area (TPSA) is 149 Å². The molecule has 6 N–H and O–H groups in total. The van der Waals surface area contributed by atoms with Crippen molar-refractivity contribution in [3.8, 4) is 0 Å². The molecule has 1 aliphatic heterocycles. The van der Waals surface area contributed by atoms with Gasteiger partial charge >= 0.3 is 0 Å². The summed E-state index contributed by atoms with van der Waals surface area (Å²) in [6.07, 6.45) is 33.0. The number of aliphatic hydroxyl groups excluding tert-OH is 5. The van der Waals surface area contributed by atoms with Crippen LogP contribution in [0.4, 0.5) is 0 Å². The highest BCUT2D eigenvalue weighted by atomic mass is 16.7. The number of nitrogens with one attached hydrogen (secondary N) is 1. The molecule has 1 rings (SSSR count). The maximum absolute atomic E-state index is 12.8. The summed E-state index contributed by atoms with van der Waals surface area (Å²) >= 11 is 0. The molecular formula is C45H89NO8. The fraction of sp³-hybridized carbons (Fsp3) is 0.978. The van der Waals surface area contributed by atoms with Gasteiger partial charge in [-0.1, -0.05) is 206 Å². The Labute approximate surface area is 332 Å². The minimum Gasteiger partial charge on any atom is -0.394 e. The van der Waals surface area contributed by atoms with Gasteiger partial charge in [0.15, 0.2) is 6.29 Å². The lowest BCUT2D eigenvalue weighted by Crippen LogP contribution is -2.60. The number of ether oxygens (including phenoxy) is 2. The fourth-order valence-electron chi connectivity index (χ4n) is 7.69. The van der Waals surface area contributed by atoms with Crippen LogP contribution in [0.1, 0.15) is 226 Å². The third-order valence-electron chi connectivity index (χ3n) is 11.5. The third kappa shape index (κ3) is 26.9. The predicted octanol–water partition coefficient (Wildman–Crippen LogP) is 9.56. The Bertz CT molecular complexity index is 817. The summed E-state index contributed by atoms with van der Waals surface area (Å²) in [7, 11) is 0. The molecule has 0 aromatic rings. The largest absolute Gasteiger partial charge is 0.394 e. The first-order valence-corrected chi connectivity index (χ1v) is 23.2. The molecular weight excluding hydrogens is 682 g/mol. The van der Waals surface area contributed by atoms with E-state index in [0.717, 1.165) is 38.5 Å². The molecule has 1 heterocycles. The molecule has 0 saturated carbocycles. The monoisotopic (exact) mass is 772 g/mol. The van der Waals surface area contributed by atoms with Crippen LogP contribution in [0.5, 0.6) is 0 Å². The van der Waals surface area contributed by atoms with Gasteiger partial charge in [-0.3, -0.25) is 4.79 Å². The highest BCUT2D eigenvalue weighted by molar-refractivity contribution is 5.76. The zero-order valence-electron chi connectivity index (χ0n) is 35.3. The van der Waals surface area contributed by atoms with E-state index in [4.69, 9.17) is 9.47 Å². The molecule has 1 saturated heterocycles. The van der Waals surface area contributed by atoms with Crippen molar-refractivity contribution in [1.29, 1.82) is 0 Å². The van der Waals surface area contributed by atoms with Gasteiger partial charge in [-0.2, -0.15) is 0 Å². The van der Waals surface area contributed by atoms with Crippen molar-refractivity contribution in [2.75, 3.05) is 13.2 Å². The van der Waals surface area contributed by atoms with Crippen LogP contribution >= 0.6 is 0 Å². The van der Waals surface area contributed by atoms with Gasteiger partial charge in [0.1, 0.15) is 24.4 Å². The van der Waals surface area contributed by atoms with Gasteiger partial charge in [0, 0.05) is 6.42 Å². The van der Waals surface area contributed by atoms with Crippen LogP contribution in [-0.2, 0) is 14.3 Å². The molecule has 1 aliphatic rings. The summed E-state index contributed by atoms with van der Waals surface area (Å²) in [5, 5.41) is 54.1. The first-order chi connectivity index (χ1) is 26.3. The highest BCUT2D eigenvalue weighted by Crippen LogP contribution is 2.23. The number of aliphatic hydroxyl groups is 5. The van der Waals surface area contributed by atoms with Crippen LogP contribution in [0.3, 0.4) is 0 Å². The van der Waals surface area contributed by atoms with E-state index in [-0.39, 0.29) is 12.5 Å². The van der Waals surface area contributed by atoms with Gasteiger partial charge in [0.25, 0.3) is 0 Å². The normalized spacial score (nSPS) is 21.4. The second-order valence-corrected chi connectivity index (χ2v) is 16.6. The molecule has 0 aliphatic carbocycles. The maximum atomic E-state index is 12.8. The number of carbonyl (C=O) groups excluding carboxylic acids is 1. The molecule has 0 aromatic carbocycles. The minimum absolute atomic E-state index is 0.133. The zero-order chi connectivity index (χ0) is 39.5. The van der Waals surface area contributed by atoms with Crippen molar-refractivity contribution in [3.63, 3.8) is 0 Å². The van der Waals surface area contributed by atoms with Crippen LogP contribution in [0, 0.1) is 0 Å². The van der Waals surface area contributed by atoms with E-state index in [1.165, 1.54) is 161 Å². The molecule has 9 nitrogen and oxygen atoms in total. The van der Waals surface area contributed by atoms with Crippen molar-refractivity contribution in [2.45, 2.75) is 269 Å². The molecule has 322 valence electrons. The lowest BCUT2D eigenvalue weighted by Gasteiger charge is -2.40. The molecule has 1 fully saturated rings. The standard InChI is InChI=1S/C45H89NO8/c1-3-5-7-9-11-12-13-14-15-16-17-18-19-20-21-22-23-24-25-26-27-28-29-30-32-34-39(48)38(46-41(49)35-33-31-10-8-6-4-2)37-53-45-44(52)43(51)42(50)40(36-47)54-45/h38-40,42-45,47-48,50-52H,3-37H2,1-2H3,(H,46,49). The van der Waals surface area contributed by atoms with E-state index in [2.05, 4.69) is 19.2 Å². The molecule has 7 atom stereocenters. The van der Waals surface area contributed by atoms with E-state index in [1.54, 1.807) is 0 Å². The van der Waals surface area contributed by atoms with Gasteiger partial charge in [-0.25, -0.2) is 0 Å². The summed E-state index contributed by atoms with van der Waals surface area (Å²) in [6.45, 7) is 3.78. The zero-order valence-corrected chi connectivity index (χ0v) is 35.3. The molecule has 7 unspecified atom stereocenters. The average molecular weight is 772 g/mol. The average Bonchev–Trinajstić information content (AvgIpc) is 3.17. The van der Waals surface area contributed by atoms with Crippen molar-refractivity contribution < 1.29 is 39.8 Å². The van der Waals surface area contributed by atoms with Crippen LogP contribution in [0.2, 0.25) is 0 Å². The fourth-order valence-corrected chi connectivity index (χ4v) is 7.69. The van der Waals surface area contributed by atoms with E-state index in [9.17, 15) is 30.3 Å². The van der Waals surface area contributed by atoms with Crippen molar-refractivity contribution in [3.05, 3.63) is 0 Å². The van der Waals surface area contributed by atoms with Gasteiger partial charge in [-0.05, 0) is 12.8 Å². The van der Waals surface area contributed by atoms with Crippen LogP contribution in [-0.4, -0.2) is 87.5 Å². The van der Waals surface area contributed by atoms with Gasteiger partial charge in [-0.15, -0.1) is 0 Å². The minimum atomic E-state index is -1.55. The molecule has 0 bridgehead atoms. The molecule has 54 heavy (non-hydrogen) atoms. The molecule has 0 aromatic heterocycles. The molecule has 1 amide bonds. The molecule has 9 heteroatoms. The summed E-state index contributed by atoms with van der Waals surface area (Å²) in [6, 6.07) is -0.709. The van der Waals surface area contributed by atoms with Crippen LogP contribution in [0.15, 0.2) is 0 Å². The number of rotatable bonds is 39. The van der Waals surface area contributed by atoms with Crippen molar-refractivity contribution in [2.24, 2.45) is 0 Å². The Balaban J connectivity index is 2.14. The number of unbranched alkanes of at least 4 members (excludes halogenated alkanes) is 29. The lowest BCUT2D eigenvalue weighted by molar-refractivity contribution is -0.302. The summed E-state index contributed by atoms with van der Waals surface area (Å²) < 4.78 is 11.2. The Hall–Kier alpha value is -0.810. The lowest BCUT2D eigenvalue weighted by atomic mass is 9.99. The van der Waals surface area contributed by atoms with E-state index in [0.29, 0.717) is 12.8 Å². The van der Waals surface area contributed by atoms with E-state index in [1.807, 2.05) is 0 Å². The smallest absolute Gasteiger partial charge is 0.220 e. The van der Waals surface area contributed by atoms with E-state index >= 15 is 0 Å². The quantitative estimate of drug-likeness (QED) is 0.0339. The highest BCUT2D eigenvalue weighted by Gasteiger charge is 2.44. The molecule has 0 radical (unpaired) electrons. The van der Waals surface area contributed by atoms with Gasteiger partial charge in [0.2, 0.25) is 5.91 Å². The molecule has 0 spiro atoms. The number of carbonyl (C=O) groups is 1. The second-order valence-electron chi connectivity index (χ2n) is 16.6. The third-order valence-corrected chi connectivity index (χ3v) is 11.5.